The van der Waals surface area contributed by atoms with Crippen LogP contribution in [0.25, 0.3) is 0 Å². The highest BCUT2D eigenvalue weighted by molar-refractivity contribution is 6.31. The number of halogens is 1. The summed E-state index contributed by atoms with van der Waals surface area (Å²) in [5.41, 5.74) is 2.33. The van der Waals surface area contributed by atoms with Gasteiger partial charge in [0.2, 0.25) is 0 Å². The minimum absolute atomic E-state index is 0.0754. The summed E-state index contributed by atoms with van der Waals surface area (Å²) in [4.78, 5) is 30.7. The van der Waals surface area contributed by atoms with Crippen LogP contribution in [0.3, 0.4) is 0 Å². The lowest BCUT2D eigenvalue weighted by molar-refractivity contribution is 0.0792. The van der Waals surface area contributed by atoms with Crippen molar-refractivity contribution in [2.45, 2.75) is 19.8 Å². The Morgan fingerprint density at radius 1 is 1.12 bits per heavy atom. The number of nitrogens with one attached hydrogen (secondary N) is 1. The molecule has 0 saturated carbocycles. The monoisotopic (exact) mass is 343 g/mol. The van der Waals surface area contributed by atoms with Gasteiger partial charge in [0.25, 0.3) is 11.8 Å². The normalized spacial score (nSPS) is 13.8. The zero-order valence-electron chi connectivity index (χ0n) is 13.4. The van der Waals surface area contributed by atoms with E-state index >= 15 is 0 Å². The number of aryl methyl sites for hydroxylation is 1. The number of likely N-dealkylation sites (tertiary alicyclic amines) is 1. The van der Waals surface area contributed by atoms with Gasteiger partial charge in [0.05, 0.1) is 11.1 Å². The van der Waals surface area contributed by atoms with Crippen LogP contribution in [-0.4, -0.2) is 34.8 Å². The summed E-state index contributed by atoms with van der Waals surface area (Å²) in [6, 6.07) is 6.89. The first-order chi connectivity index (χ1) is 11.5. The lowest BCUT2D eigenvalue weighted by Crippen LogP contribution is -2.28. The quantitative estimate of drug-likeness (QED) is 0.927. The second-order valence-corrected chi connectivity index (χ2v) is 6.31. The van der Waals surface area contributed by atoms with E-state index in [2.05, 4.69) is 10.3 Å². The highest BCUT2D eigenvalue weighted by Gasteiger charge is 2.20. The Morgan fingerprint density at radius 2 is 1.83 bits per heavy atom. The standard InChI is InChI=1S/C18H18ClN3O2/c1-12-4-5-15(19)9-16(12)21-17(23)13-8-14(11-20-10-13)18(24)22-6-2-3-7-22/h4-5,8-11H,2-3,6-7H2,1H3,(H,21,23). The fraction of sp³-hybridized carbons (Fsp3) is 0.278. The summed E-state index contributed by atoms with van der Waals surface area (Å²) in [7, 11) is 0. The van der Waals surface area contributed by atoms with Crippen LogP contribution in [0, 0.1) is 6.92 Å². The minimum Gasteiger partial charge on any atom is -0.339 e. The first kappa shape index (κ1) is 16.5. The van der Waals surface area contributed by atoms with Crippen LogP contribution in [0.4, 0.5) is 5.69 Å². The highest BCUT2D eigenvalue weighted by atomic mass is 35.5. The Balaban J connectivity index is 1.79. The van der Waals surface area contributed by atoms with Gasteiger partial charge >= 0.3 is 0 Å². The number of anilines is 1. The van der Waals surface area contributed by atoms with Crippen LogP contribution in [0.1, 0.15) is 39.1 Å². The van der Waals surface area contributed by atoms with Crippen LogP contribution in [0.5, 0.6) is 0 Å². The van der Waals surface area contributed by atoms with Crippen molar-refractivity contribution in [2.24, 2.45) is 0 Å². The fourth-order valence-corrected chi connectivity index (χ4v) is 2.88. The first-order valence-electron chi connectivity index (χ1n) is 7.86. The van der Waals surface area contributed by atoms with E-state index in [4.69, 9.17) is 11.6 Å². The summed E-state index contributed by atoms with van der Waals surface area (Å²) in [6.07, 6.45) is 5.00. The summed E-state index contributed by atoms with van der Waals surface area (Å²) < 4.78 is 0. The van der Waals surface area contributed by atoms with Gasteiger partial charge in [0, 0.05) is 36.2 Å². The number of hydrogen-bond donors (Lipinski definition) is 1. The van der Waals surface area contributed by atoms with Crippen molar-refractivity contribution < 1.29 is 9.59 Å². The van der Waals surface area contributed by atoms with E-state index < -0.39 is 0 Å². The Kier molecular flexibility index (Phi) is 4.81. The lowest BCUT2D eigenvalue weighted by atomic mass is 10.1. The fourth-order valence-electron chi connectivity index (χ4n) is 2.71. The average molecular weight is 344 g/mol. The van der Waals surface area contributed by atoms with Crippen LogP contribution in [0.15, 0.2) is 36.7 Å². The van der Waals surface area contributed by atoms with E-state index in [1.807, 2.05) is 13.0 Å². The van der Waals surface area contributed by atoms with Crippen LogP contribution < -0.4 is 5.32 Å². The number of rotatable bonds is 3. The number of amides is 2. The molecule has 1 saturated heterocycles. The number of carbonyl (C=O) groups excluding carboxylic acids is 2. The van der Waals surface area contributed by atoms with Gasteiger partial charge in [0.15, 0.2) is 0 Å². The molecule has 124 valence electrons. The Labute approximate surface area is 145 Å². The molecule has 2 aromatic rings. The molecule has 0 atom stereocenters. The van der Waals surface area contributed by atoms with Crippen molar-refractivity contribution in [3.8, 4) is 0 Å². The SMILES string of the molecule is Cc1ccc(Cl)cc1NC(=O)c1cncc(C(=O)N2CCCC2)c1. The van der Waals surface area contributed by atoms with Crippen molar-refractivity contribution in [2.75, 3.05) is 18.4 Å². The second-order valence-electron chi connectivity index (χ2n) is 5.87. The third-order valence-corrected chi connectivity index (χ3v) is 4.32. The zero-order valence-corrected chi connectivity index (χ0v) is 14.1. The summed E-state index contributed by atoms with van der Waals surface area (Å²) in [6.45, 7) is 3.41. The Bertz CT molecular complexity index is 786. The van der Waals surface area contributed by atoms with Gasteiger partial charge in [0.1, 0.15) is 0 Å². The average Bonchev–Trinajstić information content (AvgIpc) is 3.12. The van der Waals surface area contributed by atoms with Crippen molar-refractivity contribution >= 4 is 29.1 Å². The molecule has 2 amide bonds. The molecule has 5 nitrogen and oxygen atoms in total. The number of nitrogens with zero attached hydrogens (tertiary/aromatic N) is 2. The molecule has 1 aromatic carbocycles. The van der Waals surface area contributed by atoms with Crippen molar-refractivity contribution in [3.63, 3.8) is 0 Å². The maximum Gasteiger partial charge on any atom is 0.257 e. The smallest absolute Gasteiger partial charge is 0.257 e. The van der Waals surface area contributed by atoms with Crippen LogP contribution in [-0.2, 0) is 0 Å². The number of hydrogen-bond acceptors (Lipinski definition) is 3. The molecule has 1 N–H and O–H groups in total. The number of pyridine rings is 1. The molecule has 0 radical (unpaired) electrons. The Morgan fingerprint density at radius 3 is 2.58 bits per heavy atom. The zero-order chi connectivity index (χ0) is 17.1. The van der Waals surface area contributed by atoms with Crippen molar-refractivity contribution in [1.82, 2.24) is 9.88 Å². The molecular formula is C18H18ClN3O2. The second kappa shape index (κ2) is 7.01. The third-order valence-electron chi connectivity index (χ3n) is 4.09. The van der Waals surface area contributed by atoms with Crippen molar-refractivity contribution in [3.05, 3.63) is 58.4 Å². The molecule has 3 rings (SSSR count). The van der Waals surface area contributed by atoms with E-state index in [-0.39, 0.29) is 11.8 Å². The molecular weight excluding hydrogens is 326 g/mol. The molecule has 6 heteroatoms. The van der Waals surface area contributed by atoms with E-state index in [0.29, 0.717) is 21.8 Å². The summed E-state index contributed by atoms with van der Waals surface area (Å²) in [5.74, 6) is -0.391. The summed E-state index contributed by atoms with van der Waals surface area (Å²) in [5, 5.41) is 3.36. The maximum atomic E-state index is 12.5. The van der Waals surface area contributed by atoms with Gasteiger partial charge in [-0.15, -0.1) is 0 Å². The first-order valence-corrected chi connectivity index (χ1v) is 8.24. The van der Waals surface area contributed by atoms with Gasteiger partial charge in [-0.25, -0.2) is 0 Å². The van der Waals surface area contributed by atoms with Gasteiger partial charge in [-0.3, -0.25) is 14.6 Å². The largest absolute Gasteiger partial charge is 0.339 e. The van der Waals surface area contributed by atoms with E-state index in [1.165, 1.54) is 12.4 Å². The van der Waals surface area contributed by atoms with Gasteiger partial charge in [-0.2, -0.15) is 0 Å². The van der Waals surface area contributed by atoms with Gasteiger partial charge in [-0.05, 0) is 43.5 Å². The molecule has 2 heterocycles. The number of benzene rings is 1. The predicted molar refractivity (Wildman–Crippen MR) is 93.5 cm³/mol. The molecule has 1 fully saturated rings. The van der Waals surface area contributed by atoms with Gasteiger partial charge < -0.3 is 10.2 Å². The molecule has 1 aliphatic rings. The third kappa shape index (κ3) is 3.57. The Hall–Kier alpha value is -2.40. The molecule has 1 aromatic heterocycles. The number of carbonyl (C=O) groups is 2. The van der Waals surface area contributed by atoms with E-state index in [9.17, 15) is 9.59 Å². The molecule has 0 aliphatic carbocycles. The van der Waals surface area contributed by atoms with Crippen molar-refractivity contribution in [1.29, 1.82) is 0 Å². The van der Waals surface area contributed by atoms with E-state index in [1.54, 1.807) is 23.1 Å². The number of aromatic nitrogens is 1. The molecule has 0 unspecified atom stereocenters. The molecule has 0 bridgehead atoms. The lowest BCUT2D eigenvalue weighted by Gasteiger charge is -2.15. The van der Waals surface area contributed by atoms with Gasteiger partial charge in [-0.1, -0.05) is 17.7 Å². The summed E-state index contributed by atoms with van der Waals surface area (Å²) >= 11 is 5.97. The molecule has 1 aliphatic heterocycles. The predicted octanol–water partition coefficient (Wildman–Crippen LogP) is 3.53. The molecule has 24 heavy (non-hydrogen) atoms. The molecule has 0 spiro atoms. The van der Waals surface area contributed by atoms with Crippen LogP contribution in [0.2, 0.25) is 5.02 Å². The highest BCUT2D eigenvalue weighted by Crippen LogP contribution is 2.21. The van der Waals surface area contributed by atoms with E-state index in [0.717, 1.165) is 31.5 Å². The minimum atomic E-state index is -0.316. The van der Waals surface area contributed by atoms with Crippen LogP contribution >= 0.6 is 11.6 Å². The maximum absolute atomic E-state index is 12.5. The topological polar surface area (TPSA) is 62.3 Å².